The normalized spacial score (nSPS) is 11.9. The number of nitrogens with zero attached hydrogens (tertiary/aromatic N) is 1. The van der Waals surface area contributed by atoms with E-state index in [1.807, 2.05) is 6.92 Å². The molecule has 1 aromatic rings. The Hall–Kier alpha value is -1.26. The second-order valence-corrected chi connectivity index (χ2v) is 5.58. The van der Waals surface area contributed by atoms with Crippen molar-refractivity contribution in [2.75, 3.05) is 7.05 Å². The molecule has 4 nitrogen and oxygen atoms in total. The number of halogens is 2. The standard InChI is InChI=1S/C15H20Cl2N2O2/c1-4-6-14(20)19(10(2)15(21)18-3)9-11-12(16)7-5-8-13(11)17/h5,7-8,10H,4,6,9H2,1-3H3,(H,18,21). The first-order valence-corrected chi connectivity index (χ1v) is 7.61. The van der Waals surface area contributed by atoms with E-state index in [-0.39, 0.29) is 18.4 Å². The molecular formula is C15H20Cl2N2O2. The Morgan fingerprint density at radius 1 is 1.29 bits per heavy atom. The summed E-state index contributed by atoms with van der Waals surface area (Å²) in [6.07, 6.45) is 1.09. The summed E-state index contributed by atoms with van der Waals surface area (Å²) in [7, 11) is 1.55. The number of rotatable bonds is 6. The lowest BCUT2D eigenvalue weighted by Crippen LogP contribution is -2.46. The third-order valence-corrected chi connectivity index (χ3v) is 3.98. The molecule has 6 heteroatoms. The summed E-state index contributed by atoms with van der Waals surface area (Å²) in [5.41, 5.74) is 0.654. The fourth-order valence-corrected chi connectivity index (χ4v) is 2.52. The van der Waals surface area contributed by atoms with Crippen LogP contribution in [0.15, 0.2) is 18.2 Å². The predicted molar refractivity (Wildman–Crippen MR) is 85.4 cm³/mol. The minimum Gasteiger partial charge on any atom is -0.357 e. The summed E-state index contributed by atoms with van der Waals surface area (Å²) in [5.74, 6) is -0.313. The summed E-state index contributed by atoms with van der Waals surface area (Å²) in [6, 6.07) is 4.60. The fourth-order valence-electron chi connectivity index (χ4n) is 2.00. The van der Waals surface area contributed by atoms with Gasteiger partial charge in [0.25, 0.3) is 0 Å². The van der Waals surface area contributed by atoms with Crippen LogP contribution in [-0.4, -0.2) is 29.8 Å². The molecule has 1 atom stereocenters. The van der Waals surface area contributed by atoms with E-state index in [4.69, 9.17) is 23.2 Å². The van der Waals surface area contributed by atoms with E-state index in [0.717, 1.165) is 0 Å². The van der Waals surface area contributed by atoms with Gasteiger partial charge in [0.1, 0.15) is 6.04 Å². The van der Waals surface area contributed by atoms with Gasteiger partial charge in [0.2, 0.25) is 11.8 Å². The molecule has 0 aliphatic carbocycles. The third kappa shape index (κ3) is 4.61. The molecular weight excluding hydrogens is 311 g/mol. The highest BCUT2D eigenvalue weighted by molar-refractivity contribution is 6.36. The maximum Gasteiger partial charge on any atom is 0.242 e. The average Bonchev–Trinajstić information content (AvgIpc) is 2.45. The van der Waals surface area contributed by atoms with Crippen LogP contribution in [0.3, 0.4) is 0 Å². The molecule has 0 heterocycles. The maximum atomic E-state index is 12.3. The zero-order valence-corrected chi connectivity index (χ0v) is 14.0. The summed E-state index contributed by atoms with van der Waals surface area (Å²) in [5, 5.41) is 3.53. The number of nitrogens with one attached hydrogen (secondary N) is 1. The van der Waals surface area contributed by atoms with Crippen LogP contribution in [0.5, 0.6) is 0 Å². The molecule has 1 aromatic carbocycles. The van der Waals surface area contributed by atoms with Gasteiger partial charge in [-0.15, -0.1) is 0 Å². The quantitative estimate of drug-likeness (QED) is 0.870. The molecule has 0 aliphatic heterocycles. The molecule has 0 radical (unpaired) electrons. The smallest absolute Gasteiger partial charge is 0.242 e. The first-order chi connectivity index (χ1) is 9.92. The van der Waals surface area contributed by atoms with Crippen molar-refractivity contribution in [2.45, 2.75) is 39.3 Å². The highest BCUT2D eigenvalue weighted by Crippen LogP contribution is 2.26. The van der Waals surface area contributed by atoms with Crippen LogP contribution in [0.1, 0.15) is 32.3 Å². The van der Waals surface area contributed by atoms with E-state index < -0.39 is 6.04 Å². The molecule has 21 heavy (non-hydrogen) atoms. The zero-order valence-electron chi connectivity index (χ0n) is 12.5. The van der Waals surface area contributed by atoms with Gasteiger partial charge in [0, 0.05) is 35.6 Å². The number of benzene rings is 1. The van der Waals surface area contributed by atoms with E-state index in [9.17, 15) is 9.59 Å². The van der Waals surface area contributed by atoms with Crippen molar-refractivity contribution < 1.29 is 9.59 Å². The van der Waals surface area contributed by atoms with Crippen LogP contribution >= 0.6 is 23.2 Å². The largest absolute Gasteiger partial charge is 0.357 e. The van der Waals surface area contributed by atoms with Crippen molar-refractivity contribution >= 4 is 35.0 Å². The molecule has 2 amide bonds. The highest BCUT2D eigenvalue weighted by atomic mass is 35.5. The number of hydrogen-bond acceptors (Lipinski definition) is 2. The van der Waals surface area contributed by atoms with Gasteiger partial charge < -0.3 is 10.2 Å². The minimum absolute atomic E-state index is 0.0930. The average molecular weight is 331 g/mol. The Morgan fingerprint density at radius 2 is 1.86 bits per heavy atom. The van der Waals surface area contributed by atoms with Crippen molar-refractivity contribution in [3.63, 3.8) is 0 Å². The number of carbonyl (C=O) groups excluding carboxylic acids is 2. The van der Waals surface area contributed by atoms with Crippen molar-refractivity contribution in [3.05, 3.63) is 33.8 Å². The van der Waals surface area contributed by atoms with Crippen molar-refractivity contribution in [3.8, 4) is 0 Å². The first-order valence-electron chi connectivity index (χ1n) is 6.86. The Morgan fingerprint density at radius 3 is 2.33 bits per heavy atom. The van der Waals surface area contributed by atoms with E-state index in [2.05, 4.69) is 5.32 Å². The van der Waals surface area contributed by atoms with Gasteiger partial charge >= 0.3 is 0 Å². The van der Waals surface area contributed by atoms with E-state index in [1.165, 1.54) is 4.90 Å². The molecule has 0 saturated carbocycles. The molecule has 1 unspecified atom stereocenters. The number of carbonyl (C=O) groups is 2. The van der Waals surface area contributed by atoms with Crippen molar-refractivity contribution in [1.82, 2.24) is 10.2 Å². The van der Waals surface area contributed by atoms with Gasteiger partial charge in [-0.3, -0.25) is 9.59 Å². The van der Waals surface area contributed by atoms with E-state index >= 15 is 0 Å². The summed E-state index contributed by atoms with van der Waals surface area (Å²) in [6.45, 7) is 3.83. The second kappa shape index (κ2) is 8.25. The molecule has 1 N–H and O–H groups in total. The molecule has 0 spiro atoms. The van der Waals surface area contributed by atoms with Gasteiger partial charge in [0.05, 0.1) is 0 Å². The zero-order chi connectivity index (χ0) is 16.0. The van der Waals surface area contributed by atoms with Crippen LogP contribution in [0, 0.1) is 0 Å². The highest BCUT2D eigenvalue weighted by Gasteiger charge is 2.26. The lowest BCUT2D eigenvalue weighted by molar-refractivity contribution is -0.140. The second-order valence-electron chi connectivity index (χ2n) is 4.76. The Labute approximate surface area is 135 Å². The fraction of sp³-hybridized carbons (Fsp3) is 0.467. The molecule has 1 rings (SSSR count). The molecule has 0 saturated heterocycles. The maximum absolute atomic E-state index is 12.3. The van der Waals surface area contributed by atoms with Crippen LogP contribution in [0.2, 0.25) is 10.0 Å². The van der Waals surface area contributed by atoms with Crippen molar-refractivity contribution in [2.24, 2.45) is 0 Å². The summed E-state index contributed by atoms with van der Waals surface area (Å²) < 4.78 is 0. The molecule has 0 aliphatic rings. The van der Waals surface area contributed by atoms with Gasteiger partial charge in [0.15, 0.2) is 0 Å². The van der Waals surface area contributed by atoms with Crippen LogP contribution in [-0.2, 0) is 16.1 Å². The molecule has 0 aromatic heterocycles. The predicted octanol–water partition coefficient (Wildman–Crippen LogP) is 3.26. The Balaban J connectivity index is 3.07. The first kappa shape index (κ1) is 17.8. The van der Waals surface area contributed by atoms with Crippen LogP contribution in [0.4, 0.5) is 0 Å². The van der Waals surface area contributed by atoms with Gasteiger partial charge in [-0.25, -0.2) is 0 Å². The Bertz CT molecular complexity index is 500. The summed E-state index contributed by atoms with van der Waals surface area (Å²) >= 11 is 12.3. The van der Waals surface area contributed by atoms with Gasteiger partial charge in [-0.1, -0.05) is 36.2 Å². The minimum atomic E-state index is -0.582. The van der Waals surface area contributed by atoms with Crippen molar-refractivity contribution in [1.29, 1.82) is 0 Å². The third-order valence-electron chi connectivity index (χ3n) is 3.27. The number of likely N-dealkylation sites (N-methyl/N-ethyl adjacent to an activating group) is 1. The van der Waals surface area contributed by atoms with E-state index in [0.29, 0.717) is 28.5 Å². The molecule has 0 fully saturated rings. The SMILES string of the molecule is CCCC(=O)N(Cc1c(Cl)cccc1Cl)C(C)C(=O)NC. The lowest BCUT2D eigenvalue weighted by Gasteiger charge is -2.29. The van der Waals surface area contributed by atoms with Crippen LogP contribution < -0.4 is 5.32 Å². The van der Waals surface area contributed by atoms with Gasteiger partial charge in [-0.2, -0.15) is 0 Å². The summed E-state index contributed by atoms with van der Waals surface area (Å²) in [4.78, 5) is 25.7. The van der Waals surface area contributed by atoms with E-state index in [1.54, 1.807) is 32.2 Å². The monoisotopic (exact) mass is 330 g/mol. The lowest BCUT2D eigenvalue weighted by atomic mass is 10.1. The van der Waals surface area contributed by atoms with Gasteiger partial charge in [-0.05, 0) is 25.5 Å². The number of hydrogen-bond donors (Lipinski definition) is 1. The number of amides is 2. The van der Waals surface area contributed by atoms with Crippen LogP contribution in [0.25, 0.3) is 0 Å². The molecule has 0 bridgehead atoms. The Kier molecular flexibility index (Phi) is 6.99. The molecule has 116 valence electrons. The topological polar surface area (TPSA) is 49.4 Å².